The van der Waals surface area contributed by atoms with Crippen molar-refractivity contribution < 1.29 is 9.18 Å². The Kier molecular flexibility index (Phi) is 3.99. The van der Waals surface area contributed by atoms with Gasteiger partial charge in [0.05, 0.1) is 16.9 Å². The fraction of sp³-hybridized carbons (Fsp3) is 0.500. The monoisotopic (exact) mass is 367 g/mol. The van der Waals surface area contributed by atoms with Crippen molar-refractivity contribution in [3.63, 3.8) is 0 Å². The molecule has 0 bridgehead atoms. The first-order valence-corrected chi connectivity index (χ1v) is 10.2. The second-order valence-corrected chi connectivity index (χ2v) is 8.37. The Labute approximate surface area is 159 Å². The first kappa shape index (κ1) is 16.8. The van der Waals surface area contributed by atoms with Crippen LogP contribution in [0.25, 0.3) is 5.69 Å². The summed E-state index contributed by atoms with van der Waals surface area (Å²) in [7, 11) is 0. The average molecular weight is 367 g/mol. The predicted octanol–water partition coefficient (Wildman–Crippen LogP) is 4.44. The normalized spacial score (nSPS) is 21.0. The zero-order valence-corrected chi connectivity index (χ0v) is 15.6. The van der Waals surface area contributed by atoms with Gasteiger partial charge in [-0.25, -0.2) is 4.39 Å². The minimum absolute atomic E-state index is 0.226. The van der Waals surface area contributed by atoms with Gasteiger partial charge in [0.25, 0.3) is 0 Å². The maximum atomic E-state index is 13.8. The Morgan fingerprint density at radius 3 is 2.74 bits per heavy atom. The third kappa shape index (κ3) is 2.84. The summed E-state index contributed by atoms with van der Waals surface area (Å²) in [6.07, 6.45) is 9.43. The van der Waals surface area contributed by atoms with E-state index in [1.807, 2.05) is 17.2 Å². The van der Waals surface area contributed by atoms with Crippen LogP contribution in [0.15, 0.2) is 36.5 Å². The molecule has 2 aromatic rings. The molecular weight excluding hydrogens is 341 g/mol. The van der Waals surface area contributed by atoms with Crippen molar-refractivity contribution in [1.82, 2.24) is 9.47 Å². The minimum atomic E-state index is -0.228. The Balaban J connectivity index is 1.35. The molecule has 4 nitrogen and oxygen atoms in total. The van der Waals surface area contributed by atoms with Gasteiger partial charge in [-0.05, 0) is 61.9 Å². The molecular formula is C22H26FN3O. The van der Waals surface area contributed by atoms with E-state index in [9.17, 15) is 9.18 Å². The van der Waals surface area contributed by atoms with Crippen LogP contribution >= 0.6 is 0 Å². The first-order chi connectivity index (χ1) is 13.1. The minimum Gasteiger partial charge on any atom is -0.372 e. The van der Waals surface area contributed by atoms with Gasteiger partial charge in [-0.15, -0.1) is 0 Å². The predicted molar refractivity (Wildman–Crippen MR) is 103 cm³/mol. The summed E-state index contributed by atoms with van der Waals surface area (Å²) in [5, 5.41) is 3.63. The molecule has 3 heterocycles. The lowest BCUT2D eigenvalue weighted by Gasteiger charge is -2.46. The third-order valence-corrected chi connectivity index (χ3v) is 6.74. The van der Waals surface area contributed by atoms with E-state index in [0.717, 1.165) is 37.3 Å². The van der Waals surface area contributed by atoms with E-state index in [2.05, 4.69) is 22.0 Å². The number of carbonyl (C=O) groups excluding carboxylic acids is 1. The van der Waals surface area contributed by atoms with Gasteiger partial charge in [-0.1, -0.05) is 12.8 Å². The second-order valence-electron chi connectivity index (χ2n) is 8.37. The van der Waals surface area contributed by atoms with Crippen LogP contribution in [-0.4, -0.2) is 28.5 Å². The molecule has 1 saturated heterocycles. The Hall–Kier alpha value is -2.30. The SMILES string of the molecule is O=C(CC1CCCC1)N1CCC2(CC1)Nc1cc(F)ccc1-n1cccc12. The number of aromatic nitrogens is 1. The Bertz CT molecular complexity index is 860. The lowest BCUT2D eigenvalue weighted by Crippen LogP contribution is -2.51. The first-order valence-electron chi connectivity index (χ1n) is 10.2. The largest absolute Gasteiger partial charge is 0.372 e. The van der Waals surface area contributed by atoms with Crippen molar-refractivity contribution in [3.05, 3.63) is 48.0 Å². The Morgan fingerprint density at radius 1 is 1.19 bits per heavy atom. The molecule has 0 unspecified atom stereocenters. The second kappa shape index (κ2) is 6.39. The molecule has 0 atom stereocenters. The summed E-state index contributed by atoms with van der Waals surface area (Å²) in [5.74, 6) is 0.679. The topological polar surface area (TPSA) is 37.3 Å². The molecule has 3 aliphatic rings. The number of hydrogen-bond donors (Lipinski definition) is 1. The van der Waals surface area contributed by atoms with Gasteiger partial charge >= 0.3 is 0 Å². The molecule has 1 N–H and O–H groups in total. The number of benzene rings is 1. The van der Waals surface area contributed by atoms with E-state index in [1.165, 1.54) is 37.4 Å². The van der Waals surface area contributed by atoms with E-state index >= 15 is 0 Å². The highest BCUT2D eigenvalue weighted by molar-refractivity contribution is 5.77. The molecule has 1 aromatic heterocycles. The van der Waals surface area contributed by atoms with Gasteiger partial charge in [-0.2, -0.15) is 0 Å². The number of nitrogens with one attached hydrogen (secondary N) is 1. The van der Waals surface area contributed by atoms with Crippen molar-refractivity contribution in [2.75, 3.05) is 18.4 Å². The molecule has 1 aromatic carbocycles. The third-order valence-electron chi connectivity index (χ3n) is 6.74. The molecule has 5 heteroatoms. The van der Waals surface area contributed by atoms with Crippen molar-refractivity contribution in [2.45, 2.75) is 50.5 Å². The summed E-state index contributed by atoms with van der Waals surface area (Å²) >= 11 is 0. The highest BCUT2D eigenvalue weighted by Gasteiger charge is 2.42. The van der Waals surface area contributed by atoms with Gasteiger partial charge in [-0.3, -0.25) is 4.79 Å². The molecule has 142 valence electrons. The highest BCUT2D eigenvalue weighted by Crippen LogP contribution is 2.43. The lowest BCUT2D eigenvalue weighted by atomic mass is 9.82. The van der Waals surface area contributed by atoms with Crippen LogP contribution in [0, 0.1) is 11.7 Å². The number of likely N-dealkylation sites (tertiary alicyclic amines) is 1. The number of halogens is 1. The molecule has 1 aliphatic carbocycles. The quantitative estimate of drug-likeness (QED) is 0.852. The van der Waals surface area contributed by atoms with Crippen LogP contribution < -0.4 is 5.32 Å². The summed E-state index contributed by atoms with van der Waals surface area (Å²) in [6, 6.07) is 9.11. The summed E-state index contributed by atoms with van der Waals surface area (Å²) in [4.78, 5) is 14.8. The fourth-order valence-electron chi connectivity index (χ4n) is 5.23. The van der Waals surface area contributed by atoms with E-state index in [4.69, 9.17) is 0 Å². The van der Waals surface area contributed by atoms with E-state index < -0.39 is 0 Å². The molecule has 5 rings (SSSR count). The fourth-order valence-corrected chi connectivity index (χ4v) is 5.23. The van der Waals surface area contributed by atoms with E-state index in [1.54, 1.807) is 6.07 Å². The van der Waals surface area contributed by atoms with Gasteiger partial charge in [0.2, 0.25) is 5.91 Å². The average Bonchev–Trinajstić information content (AvgIpc) is 3.34. The van der Waals surface area contributed by atoms with Crippen LogP contribution in [0.4, 0.5) is 10.1 Å². The standard InChI is InChI=1S/C22H26FN3O/c23-17-7-8-19-18(15-17)24-22(20-6-3-11-26(19)20)9-12-25(13-10-22)21(27)14-16-4-1-2-5-16/h3,6-8,11,15-16,24H,1-2,4-5,9-10,12-14H2. The number of anilines is 1. The number of hydrogen-bond acceptors (Lipinski definition) is 2. The molecule has 1 amide bonds. The van der Waals surface area contributed by atoms with Crippen molar-refractivity contribution in [3.8, 4) is 5.69 Å². The molecule has 27 heavy (non-hydrogen) atoms. The van der Waals surface area contributed by atoms with Crippen LogP contribution in [-0.2, 0) is 10.3 Å². The summed E-state index contributed by atoms with van der Waals surface area (Å²) < 4.78 is 16.0. The summed E-state index contributed by atoms with van der Waals surface area (Å²) in [5.41, 5.74) is 2.81. The van der Waals surface area contributed by atoms with Crippen LogP contribution in [0.3, 0.4) is 0 Å². The molecule has 2 aliphatic heterocycles. The maximum Gasteiger partial charge on any atom is 0.222 e. The van der Waals surface area contributed by atoms with Gasteiger partial charge in [0.1, 0.15) is 5.82 Å². The summed E-state index contributed by atoms with van der Waals surface area (Å²) in [6.45, 7) is 1.52. The maximum absolute atomic E-state index is 13.8. The zero-order valence-electron chi connectivity index (χ0n) is 15.6. The van der Waals surface area contributed by atoms with Crippen molar-refractivity contribution in [2.24, 2.45) is 5.92 Å². The zero-order chi connectivity index (χ0) is 18.4. The number of carbonyl (C=O) groups is 1. The smallest absolute Gasteiger partial charge is 0.222 e. The van der Waals surface area contributed by atoms with E-state index in [-0.39, 0.29) is 11.4 Å². The van der Waals surface area contributed by atoms with Crippen LogP contribution in [0.2, 0.25) is 0 Å². The van der Waals surface area contributed by atoms with Gasteiger partial charge in [0, 0.05) is 31.4 Å². The van der Waals surface area contributed by atoms with Crippen LogP contribution in [0.5, 0.6) is 0 Å². The van der Waals surface area contributed by atoms with Crippen LogP contribution in [0.1, 0.15) is 50.6 Å². The number of piperidine rings is 1. The van der Waals surface area contributed by atoms with Crippen molar-refractivity contribution >= 4 is 11.6 Å². The molecule has 0 radical (unpaired) electrons. The molecule has 1 spiro atoms. The van der Waals surface area contributed by atoms with E-state index in [0.29, 0.717) is 18.2 Å². The number of amides is 1. The number of nitrogens with zero attached hydrogens (tertiary/aromatic N) is 2. The lowest BCUT2D eigenvalue weighted by molar-refractivity contribution is -0.133. The molecule has 2 fully saturated rings. The number of rotatable bonds is 2. The van der Waals surface area contributed by atoms with Crippen molar-refractivity contribution in [1.29, 1.82) is 0 Å². The molecule has 1 saturated carbocycles. The highest BCUT2D eigenvalue weighted by atomic mass is 19.1. The number of fused-ring (bicyclic) bond motifs is 4. The Morgan fingerprint density at radius 2 is 1.96 bits per heavy atom. The van der Waals surface area contributed by atoms with Gasteiger partial charge < -0.3 is 14.8 Å². The van der Waals surface area contributed by atoms with Gasteiger partial charge in [0.15, 0.2) is 0 Å².